The van der Waals surface area contributed by atoms with E-state index in [1.54, 1.807) is 24.3 Å². The Kier molecular flexibility index (Phi) is 4.90. The Morgan fingerprint density at radius 3 is 1.80 bits per heavy atom. The monoisotopic (exact) mass is 394 g/mol. The molecule has 0 aliphatic carbocycles. The van der Waals surface area contributed by atoms with Gasteiger partial charge in [0.15, 0.2) is 0 Å². The van der Waals surface area contributed by atoms with Gasteiger partial charge >= 0.3 is 0 Å². The van der Waals surface area contributed by atoms with Crippen molar-refractivity contribution < 1.29 is 18.3 Å². The Morgan fingerprint density at radius 2 is 1.24 bits per heavy atom. The standard InChI is InChI=1S/C18H12Cl2O4S/c19-17-10-9-16(11-18(17)20)25(22,23)15-7-5-14(6-8-15)24-13-3-1-12(21)2-4-13/h1-11,21H. The summed E-state index contributed by atoms with van der Waals surface area (Å²) in [4.78, 5) is 0.179. The van der Waals surface area contributed by atoms with Gasteiger partial charge in [0.05, 0.1) is 19.8 Å². The second-order valence-electron chi connectivity index (χ2n) is 5.15. The Labute approximate surface area is 155 Å². The zero-order chi connectivity index (χ0) is 18.0. The number of rotatable bonds is 4. The van der Waals surface area contributed by atoms with Crippen molar-refractivity contribution in [3.63, 3.8) is 0 Å². The second kappa shape index (κ2) is 6.96. The molecule has 0 spiro atoms. The Balaban J connectivity index is 1.85. The first kappa shape index (κ1) is 17.6. The van der Waals surface area contributed by atoms with Crippen LogP contribution in [0.25, 0.3) is 0 Å². The van der Waals surface area contributed by atoms with Gasteiger partial charge < -0.3 is 9.84 Å². The summed E-state index contributed by atoms with van der Waals surface area (Å²) in [5.41, 5.74) is 0. The summed E-state index contributed by atoms with van der Waals surface area (Å²) in [7, 11) is -3.71. The van der Waals surface area contributed by atoms with Gasteiger partial charge in [0.25, 0.3) is 0 Å². The maximum Gasteiger partial charge on any atom is 0.206 e. The van der Waals surface area contributed by atoms with Crippen molar-refractivity contribution >= 4 is 33.0 Å². The number of phenolic OH excluding ortho intramolecular Hbond substituents is 1. The van der Waals surface area contributed by atoms with E-state index in [0.29, 0.717) is 16.5 Å². The van der Waals surface area contributed by atoms with Crippen LogP contribution in [0.5, 0.6) is 17.2 Å². The molecule has 0 atom stereocenters. The molecule has 0 saturated heterocycles. The van der Waals surface area contributed by atoms with Gasteiger partial charge in [-0.25, -0.2) is 8.42 Å². The van der Waals surface area contributed by atoms with Crippen LogP contribution in [-0.4, -0.2) is 13.5 Å². The molecular weight excluding hydrogens is 383 g/mol. The Bertz CT molecular complexity index is 998. The van der Waals surface area contributed by atoms with Crippen molar-refractivity contribution in [3.05, 3.63) is 76.8 Å². The third kappa shape index (κ3) is 3.90. The van der Waals surface area contributed by atoms with Crippen molar-refractivity contribution in [1.82, 2.24) is 0 Å². The lowest BCUT2D eigenvalue weighted by molar-refractivity contribution is 0.464. The van der Waals surface area contributed by atoms with Gasteiger partial charge in [-0.05, 0) is 66.7 Å². The third-order valence-corrected chi connectivity index (χ3v) is 5.91. The molecule has 0 bridgehead atoms. The summed E-state index contributed by atoms with van der Waals surface area (Å²) >= 11 is 11.7. The molecule has 128 valence electrons. The highest BCUT2D eigenvalue weighted by atomic mass is 35.5. The van der Waals surface area contributed by atoms with E-state index in [0.717, 1.165) is 0 Å². The zero-order valence-corrected chi connectivity index (χ0v) is 15.0. The smallest absolute Gasteiger partial charge is 0.206 e. The van der Waals surface area contributed by atoms with Crippen LogP contribution in [0.3, 0.4) is 0 Å². The fourth-order valence-electron chi connectivity index (χ4n) is 2.12. The van der Waals surface area contributed by atoms with Crippen LogP contribution in [0.1, 0.15) is 0 Å². The van der Waals surface area contributed by atoms with Crippen LogP contribution >= 0.6 is 23.2 Å². The van der Waals surface area contributed by atoms with Crippen molar-refractivity contribution in [2.75, 3.05) is 0 Å². The molecule has 4 nitrogen and oxygen atoms in total. The molecule has 0 aliphatic heterocycles. The van der Waals surface area contributed by atoms with Crippen molar-refractivity contribution in [3.8, 4) is 17.2 Å². The van der Waals surface area contributed by atoms with Crippen molar-refractivity contribution in [1.29, 1.82) is 0 Å². The predicted octanol–water partition coefficient (Wildman–Crippen LogP) is 5.32. The molecule has 0 aromatic heterocycles. The molecule has 0 unspecified atom stereocenters. The van der Waals surface area contributed by atoms with Gasteiger partial charge in [0.2, 0.25) is 9.84 Å². The van der Waals surface area contributed by atoms with E-state index in [9.17, 15) is 13.5 Å². The first-order valence-corrected chi connectivity index (χ1v) is 9.37. The first-order chi connectivity index (χ1) is 11.9. The molecule has 1 N–H and O–H groups in total. The number of halogens is 2. The molecule has 0 aliphatic rings. The highest BCUT2D eigenvalue weighted by Gasteiger charge is 2.18. The summed E-state index contributed by atoms with van der Waals surface area (Å²) in [5, 5.41) is 9.72. The topological polar surface area (TPSA) is 63.6 Å². The molecule has 0 saturated carbocycles. The highest BCUT2D eigenvalue weighted by molar-refractivity contribution is 7.91. The lowest BCUT2D eigenvalue weighted by Gasteiger charge is -2.08. The number of phenols is 1. The molecule has 0 fully saturated rings. The van der Waals surface area contributed by atoms with Gasteiger partial charge in [-0.2, -0.15) is 0 Å². The van der Waals surface area contributed by atoms with Gasteiger partial charge in [0, 0.05) is 0 Å². The van der Waals surface area contributed by atoms with Crippen LogP contribution < -0.4 is 4.74 Å². The van der Waals surface area contributed by atoms with Gasteiger partial charge in [0.1, 0.15) is 17.2 Å². The average molecular weight is 395 g/mol. The molecule has 25 heavy (non-hydrogen) atoms. The largest absolute Gasteiger partial charge is 0.508 e. The van der Waals surface area contributed by atoms with E-state index in [-0.39, 0.29) is 20.6 Å². The van der Waals surface area contributed by atoms with Gasteiger partial charge in [-0.3, -0.25) is 0 Å². The number of sulfone groups is 1. The van der Waals surface area contributed by atoms with Crippen LogP contribution in [0.15, 0.2) is 76.5 Å². The molecule has 3 aromatic carbocycles. The van der Waals surface area contributed by atoms with E-state index in [1.165, 1.54) is 42.5 Å². The summed E-state index contributed by atoms with van der Waals surface area (Å²) in [5.74, 6) is 1.13. The lowest BCUT2D eigenvalue weighted by Crippen LogP contribution is -2.02. The van der Waals surface area contributed by atoms with E-state index >= 15 is 0 Å². The fourth-order valence-corrected chi connectivity index (χ4v) is 3.77. The van der Waals surface area contributed by atoms with E-state index in [2.05, 4.69) is 0 Å². The normalized spacial score (nSPS) is 11.3. The molecule has 3 rings (SSSR count). The minimum absolute atomic E-state index is 0.0640. The van der Waals surface area contributed by atoms with Crippen LogP contribution in [0, 0.1) is 0 Å². The lowest BCUT2D eigenvalue weighted by atomic mass is 10.3. The molecule has 0 heterocycles. The van der Waals surface area contributed by atoms with E-state index in [1.807, 2.05) is 0 Å². The van der Waals surface area contributed by atoms with Gasteiger partial charge in [-0.15, -0.1) is 0 Å². The molecular formula is C18H12Cl2O4S. The van der Waals surface area contributed by atoms with Crippen molar-refractivity contribution in [2.24, 2.45) is 0 Å². The fraction of sp³-hybridized carbons (Fsp3) is 0. The number of hydrogen-bond acceptors (Lipinski definition) is 4. The summed E-state index contributed by atoms with van der Waals surface area (Å²) in [6, 6.07) is 16.4. The Hall–Kier alpha value is -2.21. The quantitative estimate of drug-likeness (QED) is 0.649. The predicted molar refractivity (Wildman–Crippen MR) is 96.5 cm³/mol. The molecule has 3 aromatic rings. The second-order valence-corrected chi connectivity index (χ2v) is 7.91. The average Bonchev–Trinajstić information content (AvgIpc) is 2.60. The van der Waals surface area contributed by atoms with E-state index < -0.39 is 9.84 Å². The summed E-state index contributed by atoms with van der Waals surface area (Å²) in [6.07, 6.45) is 0. The Morgan fingerprint density at radius 1 is 0.720 bits per heavy atom. The first-order valence-electron chi connectivity index (χ1n) is 7.13. The molecule has 7 heteroatoms. The molecule has 0 amide bonds. The number of ether oxygens (including phenoxy) is 1. The summed E-state index contributed by atoms with van der Waals surface area (Å²) < 4.78 is 30.9. The third-order valence-electron chi connectivity index (χ3n) is 3.41. The summed E-state index contributed by atoms with van der Waals surface area (Å²) in [6.45, 7) is 0. The van der Waals surface area contributed by atoms with Crippen LogP contribution in [-0.2, 0) is 9.84 Å². The minimum Gasteiger partial charge on any atom is -0.508 e. The number of aromatic hydroxyl groups is 1. The van der Waals surface area contributed by atoms with Crippen LogP contribution in [0.2, 0.25) is 10.0 Å². The maximum atomic E-state index is 12.6. The van der Waals surface area contributed by atoms with E-state index in [4.69, 9.17) is 27.9 Å². The van der Waals surface area contributed by atoms with Gasteiger partial charge in [-0.1, -0.05) is 23.2 Å². The van der Waals surface area contributed by atoms with Crippen molar-refractivity contribution in [2.45, 2.75) is 9.79 Å². The van der Waals surface area contributed by atoms with Crippen LogP contribution in [0.4, 0.5) is 0 Å². The highest BCUT2D eigenvalue weighted by Crippen LogP contribution is 2.30. The maximum absolute atomic E-state index is 12.6. The number of hydrogen-bond donors (Lipinski definition) is 1. The molecule has 0 radical (unpaired) electrons. The zero-order valence-electron chi connectivity index (χ0n) is 12.7. The minimum atomic E-state index is -3.71. The number of benzene rings is 3. The SMILES string of the molecule is O=S(=O)(c1ccc(Oc2ccc(O)cc2)cc1)c1ccc(Cl)c(Cl)c1.